The maximum atomic E-state index is 12.9. The van der Waals surface area contributed by atoms with E-state index in [4.69, 9.17) is 14.5 Å². The minimum absolute atomic E-state index is 0.0315. The summed E-state index contributed by atoms with van der Waals surface area (Å²) in [5.74, 6) is -0.0942. The molecule has 0 spiro atoms. The summed E-state index contributed by atoms with van der Waals surface area (Å²) < 4.78 is 23.9. The van der Waals surface area contributed by atoms with Crippen molar-refractivity contribution in [3.05, 3.63) is 47.6 Å². The third kappa shape index (κ3) is 6.87. The number of aromatic nitrogens is 3. The molecule has 0 aromatic carbocycles. The Morgan fingerprint density at radius 1 is 1.24 bits per heavy atom. The molecule has 4 atom stereocenters. The summed E-state index contributed by atoms with van der Waals surface area (Å²) in [5, 5.41) is 7.61. The van der Waals surface area contributed by atoms with E-state index >= 15 is 0 Å². The molecule has 4 unspecified atom stereocenters. The molecular weight excluding hydrogens is 516 g/mol. The van der Waals surface area contributed by atoms with Crippen molar-refractivity contribution >= 4 is 45.5 Å². The van der Waals surface area contributed by atoms with Gasteiger partial charge in [0, 0.05) is 25.6 Å². The first kappa shape index (κ1) is 27.1. The van der Waals surface area contributed by atoms with E-state index < -0.39 is 29.2 Å². The maximum Gasteiger partial charge on any atom is 0.253 e. The molecule has 4 rings (SSSR count). The first-order valence-corrected chi connectivity index (χ1v) is 14.1. The third-order valence-electron chi connectivity index (χ3n) is 5.66. The highest BCUT2D eigenvalue weighted by atomic mass is 32.2. The molecule has 1 aliphatic rings. The van der Waals surface area contributed by atoms with Crippen molar-refractivity contribution < 1.29 is 23.6 Å². The first-order valence-electron chi connectivity index (χ1n) is 11.7. The van der Waals surface area contributed by atoms with Gasteiger partial charge in [-0.05, 0) is 32.0 Å². The molecule has 13 heteroatoms. The minimum atomic E-state index is -1.28. The summed E-state index contributed by atoms with van der Waals surface area (Å²) in [4.78, 5) is 37.1. The molecule has 3 aromatic rings. The first-order chi connectivity index (χ1) is 17.7. The van der Waals surface area contributed by atoms with Crippen LogP contribution in [-0.4, -0.2) is 81.6 Å². The highest BCUT2D eigenvalue weighted by Gasteiger charge is 2.25. The van der Waals surface area contributed by atoms with Crippen LogP contribution >= 0.6 is 11.3 Å². The molecule has 198 valence electrons. The Hall–Kier alpha value is -2.97. The molecule has 2 N–H and O–H groups in total. The van der Waals surface area contributed by atoms with Crippen LogP contribution in [-0.2, 0) is 25.6 Å². The molecule has 0 bridgehead atoms. The van der Waals surface area contributed by atoms with E-state index in [9.17, 15) is 14.1 Å². The number of carbonyl (C=O) groups is 2. The summed E-state index contributed by atoms with van der Waals surface area (Å²) >= 11 is -0.0188. The second kappa shape index (κ2) is 12.0. The molecule has 4 heterocycles. The summed E-state index contributed by atoms with van der Waals surface area (Å²) in [6.45, 7) is 5.57. The van der Waals surface area contributed by atoms with Crippen LogP contribution in [0.25, 0.3) is 11.4 Å². The monoisotopic (exact) mass is 546 g/mol. The summed E-state index contributed by atoms with van der Waals surface area (Å²) in [6.07, 6.45) is 4.73. The Balaban J connectivity index is 1.42. The molecule has 37 heavy (non-hydrogen) atoms. The second-order valence-corrected chi connectivity index (χ2v) is 10.9. The quantitative estimate of drug-likeness (QED) is 0.390. The van der Waals surface area contributed by atoms with E-state index in [0.717, 1.165) is 18.9 Å². The zero-order valence-corrected chi connectivity index (χ0v) is 22.7. The van der Waals surface area contributed by atoms with Gasteiger partial charge in [-0.25, -0.2) is 9.97 Å². The van der Waals surface area contributed by atoms with Gasteiger partial charge in [0.1, 0.15) is 23.8 Å². The van der Waals surface area contributed by atoms with Crippen LogP contribution in [0.15, 0.2) is 42.0 Å². The number of nitrogens with one attached hydrogen (secondary N) is 2. The number of rotatable bonds is 9. The number of methoxy groups -OCH3 is 1. The predicted molar refractivity (Wildman–Crippen MR) is 143 cm³/mol. The average Bonchev–Trinajstić information content (AvgIpc) is 3.54. The number of anilines is 2. The Morgan fingerprint density at radius 2 is 2.00 bits per heavy atom. The molecule has 1 saturated heterocycles. The molecule has 3 aromatic heterocycles. The lowest BCUT2D eigenvalue weighted by Crippen LogP contribution is -2.46. The van der Waals surface area contributed by atoms with E-state index in [1.807, 2.05) is 37.4 Å². The molecule has 11 nitrogen and oxygen atoms in total. The highest BCUT2D eigenvalue weighted by Crippen LogP contribution is 2.26. The Labute approximate surface area is 222 Å². The maximum absolute atomic E-state index is 12.9. The van der Waals surface area contributed by atoms with E-state index in [1.165, 1.54) is 47.1 Å². The van der Waals surface area contributed by atoms with Crippen molar-refractivity contribution in [2.75, 3.05) is 43.3 Å². The number of ether oxygens (including phenoxy) is 2. The van der Waals surface area contributed by atoms with Gasteiger partial charge < -0.3 is 29.6 Å². The zero-order chi connectivity index (χ0) is 26.5. The highest BCUT2D eigenvalue weighted by molar-refractivity contribution is 7.89. The number of thiazole rings is 1. The largest absolute Gasteiger partial charge is 0.593 e. The van der Waals surface area contributed by atoms with Gasteiger partial charge in [0.25, 0.3) is 11.8 Å². The number of hydrogen-bond acceptors (Lipinski definition) is 9. The van der Waals surface area contributed by atoms with Crippen LogP contribution in [0.5, 0.6) is 0 Å². The summed E-state index contributed by atoms with van der Waals surface area (Å²) in [6, 6.07) is 6.36. The molecule has 2 amide bonds. The Bertz CT molecular complexity index is 1220. The van der Waals surface area contributed by atoms with Crippen molar-refractivity contribution in [2.45, 2.75) is 32.1 Å². The van der Waals surface area contributed by atoms with Gasteiger partial charge in [0.15, 0.2) is 5.13 Å². The van der Waals surface area contributed by atoms with Crippen LogP contribution in [0.1, 0.15) is 24.2 Å². The van der Waals surface area contributed by atoms with Gasteiger partial charge in [-0.2, -0.15) is 3.97 Å². The van der Waals surface area contributed by atoms with Crippen LogP contribution in [0, 0.1) is 0 Å². The lowest BCUT2D eigenvalue weighted by atomic mass is 10.2. The fourth-order valence-corrected chi connectivity index (χ4v) is 5.21. The smallest absolute Gasteiger partial charge is 0.253 e. The predicted octanol–water partition coefficient (Wildman–Crippen LogP) is 2.15. The van der Waals surface area contributed by atoms with E-state index in [1.54, 1.807) is 0 Å². The Morgan fingerprint density at radius 3 is 2.68 bits per heavy atom. The zero-order valence-electron chi connectivity index (χ0n) is 21.0. The molecule has 0 radical (unpaired) electrons. The van der Waals surface area contributed by atoms with Gasteiger partial charge >= 0.3 is 0 Å². The van der Waals surface area contributed by atoms with Crippen LogP contribution in [0.4, 0.5) is 10.9 Å². The van der Waals surface area contributed by atoms with Gasteiger partial charge in [0.2, 0.25) is 0 Å². The second-order valence-electron chi connectivity index (χ2n) is 8.74. The van der Waals surface area contributed by atoms with E-state index in [0.29, 0.717) is 16.5 Å². The number of carbonyl (C=O) groups excluding carboxylic acids is 2. The fourth-order valence-electron chi connectivity index (χ4n) is 4.01. The number of morpholine rings is 1. The lowest BCUT2D eigenvalue weighted by molar-refractivity contribution is -0.119. The van der Waals surface area contributed by atoms with E-state index in [2.05, 4.69) is 20.5 Å². The number of hydrogen-bond donors (Lipinski definition) is 2. The normalized spacial score (nSPS) is 19.3. The van der Waals surface area contributed by atoms with Crippen LogP contribution < -0.4 is 15.5 Å². The van der Waals surface area contributed by atoms with E-state index in [-0.39, 0.29) is 24.4 Å². The molecule has 1 fully saturated rings. The SMILES string of the molecule is COCC(NC(=O)c1ccn([S+](C)[O-])c1)C(=O)Nc1nc(-c2cccc(N3CC(C)OC(C)C3)n2)cs1. The number of amides is 2. The van der Waals surface area contributed by atoms with Gasteiger partial charge in [-0.3, -0.25) is 9.59 Å². The van der Waals surface area contributed by atoms with Gasteiger partial charge in [-0.1, -0.05) is 6.07 Å². The standard InChI is InChI=1S/C24H30N6O5S2/c1-15-10-29(11-16(2)35-15)21-7-5-6-18(25-21)20-14-36-24(27-20)28-23(32)19(13-34-3)26-22(31)17-8-9-30(12-17)37(4)33/h5-9,12,14-16,19H,10-11,13H2,1-4H3,(H,26,31)(H,27,28,32). The van der Waals surface area contributed by atoms with Crippen molar-refractivity contribution in [3.8, 4) is 11.4 Å². The molecule has 0 saturated carbocycles. The number of nitrogens with zero attached hydrogens (tertiary/aromatic N) is 4. The van der Waals surface area contributed by atoms with Crippen molar-refractivity contribution in [2.24, 2.45) is 0 Å². The minimum Gasteiger partial charge on any atom is -0.593 e. The fraction of sp³-hybridized carbons (Fsp3) is 0.417. The lowest BCUT2D eigenvalue weighted by Gasteiger charge is -2.36. The molecular formula is C24H30N6O5S2. The summed E-state index contributed by atoms with van der Waals surface area (Å²) in [7, 11) is 1.44. The van der Waals surface area contributed by atoms with Crippen LogP contribution in [0.3, 0.4) is 0 Å². The molecule has 1 aliphatic heterocycles. The van der Waals surface area contributed by atoms with Crippen molar-refractivity contribution in [1.29, 1.82) is 0 Å². The van der Waals surface area contributed by atoms with Gasteiger partial charge in [-0.15, -0.1) is 11.3 Å². The third-order valence-corrected chi connectivity index (χ3v) is 7.23. The van der Waals surface area contributed by atoms with Crippen LogP contribution in [0.2, 0.25) is 0 Å². The average molecular weight is 547 g/mol. The molecule has 0 aliphatic carbocycles. The van der Waals surface area contributed by atoms with Crippen molar-refractivity contribution in [3.63, 3.8) is 0 Å². The summed E-state index contributed by atoms with van der Waals surface area (Å²) in [5.41, 5.74) is 1.62. The van der Waals surface area contributed by atoms with Crippen molar-refractivity contribution in [1.82, 2.24) is 19.3 Å². The number of pyridine rings is 1. The Kier molecular flexibility index (Phi) is 8.82. The van der Waals surface area contributed by atoms with Gasteiger partial charge in [0.05, 0.1) is 53.8 Å². The topological polar surface area (TPSA) is 134 Å².